The van der Waals surface area contributed by atoms with Gasteiger partial charge in [-0.25, -0.2) is 9.78 Å². The number of rotatable bonds is 4. The zero-order valence-electron chi connectivity index (χ0n) is 17.7. The van der Waals surface area contributed by atoms with E-state index in [2.05, 4.69) is 0 Å². The highest BCUT2D eigenvalue weighted by molar-refractivity contribution is 7.98. The van der Waals surface area contributed by atoms with E-state index in [1.54, 1.807) is 10.6 Å². The standard InChI is InChI=1S/C26H20N2O3S/c1-16-11-12-19-18(14-24(29)31-23(19)13-16)15-32-26-27-21-9-5-4-8-20(21)25(30)28(26)22-10-6-3-7-17(22)2/h3-14H,15H2,1-2H3. The molecule has 6 heteroatoms. The van der Waals surface area contributed by atoms with Crippen LogP contribution in [0.5, 0.6) is 0 Å². The van der Waals surface area contributed by atoms with Crippen molar-refractivity contribution < 1.29 is 4.42 Å². The number of aryl methyl sites for hydroxylation is 2. The largest absolute Gasteiger partial charge is 0.423 e. The first-order chi connectivity index (χ1) is 15.5. The van der Waals surface area contributed by atoms with Crippen LogP contribution in [0.2, 0.25) is 0 Å². The Morgan fingerprint density at radius 3 is 2.53 bits per heavy atom. The van der Waals surface area contributed by atoms with Crippen LogP contribution in [0.3, 0.4) is 0 Å². The fraction of sp³-hybridized carbons (Fsp3) is 0.115. The molecule has 5 aromatic rings. The summed E-state index contributed by atoms with van der Waals surface area (Å²) < 4.78 is 7.05. The summed E-state index contributed by atoms with van der Waals surface area (Å²) in [7, 11) is 0. The molecule has 0 bridgehead atoms. The first-order valence-corrected chi connectivity index (χ1v) is 11.2. The fourth-order valence-electron chi connectivity index (χ4n) is 3.83. The van der Waals surface area contributed by atoms with Crippen LogP contribution in [0.15, 0.2) is 92.0 Å². The molecule has 5 rings (SSSR count). The van der Waals surface area contributed by atoms with Gasteiger partial charge in [-0.2, -0.15) is 0 Å². The number of hydrogen-bond acceptors (Lipinski definition) is 5. The van der Waals surface area contributed by atoms with Crippen molar-refractivity contribution in [3.8, 4) is 5.69 Å². The van der Waals surface area contributed by atoms with Crippen molar-refractivity contribution in [2.75, 3.05) is 0 Å². The molecule has 2 heterocycles. The van der Waals surface area contributed by atoms with E-state index in [1.165, 1.54) is 17.8 Å². The van der Waals surface area contributed by atoms with Gasteiger partial charge in [-0.3, -0.25) is 9.36 Å². The molecule has 32 heavy (non-hydrogen) atoms. The maximum Gasteiger partial charge on any atom is 0.336 e. The lowest BCUT2D eigenvalue weighted by atomic mass is 10.1. The van der Waals surface area contributed by atoms with Crippen molar-refractivity contribution >= 4 is 33.6 Å². The van der Waals surface area contributed by atoms with Crippen molar-refractivity contribution in [3.05, 3.63) is 110 Å². The number of para-hydroxylation sites is 2. The predicted molar refractivity (Wildman–Crippen MR) is 129 cm³/mol. The van der Waals surface area contributed by atoms with Crippen LogP contribution in [0, 0.1) is 13.8 Å². The molecule has 3 aromatic carbocycles. The molecule has 0 saturated carbocycles. The van der Waals surface area contributed by atoms with Gasteiger partial charge in [0.1, 0.15) is 5.58 Å². The fourth-order valence-corrected chi connectivity index (χ4v) is 4.83. The molecular formula is C26H20N2O3S. The van der Waals surface area contributed by atoms with Crippen LogP contribution < -0.4 is 11.2 Å². The predicted octanol–water partition coefficient (Wildman–Crippen LogP) is 5.40. The van der Waals surface area contributed by atoms with E-state index in [0.29, 0.717) is 27.4 Å². The van der Waals surface area contributed by atoms with Crippen LogP contribution in [0.25, 0.3) is 27.6 Å². The maximum atomic E-state index is 13.5. The third-order valence-electron chi connectivity index (χ3n) is 5.44. The van der Waals surface area contributed by atoms with Gasteiger partial charge in [-0.1, -0.05) is 54.2 Å². The Kier molecular flexibility index (Phi) is 5.15. The van der Waals surface area contributed by atoms with Crippen molar-refractivity contribution in [2.45, 2.75) is 24.8 Å². The second-order valence-electron chi connectivity index (χ2n) is 7.72. The molecule has 0 atom stereocenters. The third kappa shape index (κ3) is 3.63. The van der Waals surface area contributed by atoms with E-state index in [-0.39, 0.29) is 11.2 Å². The SMILES string of the molecule is Cc1ccc2c(CSc3nc4ccccc4c(=O)n3-c3ccccc3C)cc(=O)oc2c1. The Morgan fingerprint density at radius 1 is 0.906 bits per heavy atom. The van der Waals surface area contributed by atoms with E-state index in [4.69, 9.17) is 9.40 Å². The van der Waals surface area contributed by atoms with Crippen molar-refractivity contribution in [2.24, 2.45) is 0 Å². The molecule has 158 valence electrons. The van der Waals surface area contributed by atoms with Crippen molar-refractivity contribution in [1.29, 1.82) is 0 Å². The van der Waals surface area contributed by atoms with Gasteiger partial charge in [0, 0.05) is 17.2 Å². The highest BCUT2D eigenvalue weighted by Crippen LogP contribution is 2.28. The Morgan fingerprint density at radius 2 is 1.69 bits per heavy atom. The minimum Gasteiger partial charge on any atom is -0.423 e. The molecule has 0 aliphatic carbocycles. The molecule has 0 radical (unpaired) electrons. The van der Waals surface area contributed by atoms with Crippen molar-refractivity contribution in [3.63, 3.8) is 0 Å². The van der Waals surface area contributed by atoms with E-state index < -0.39 is 0 Å². The number of aromatic nitrogens is 2. The van der Waals surface area contributed by atoms with Gasteiger partial charge in [-0.05, 0) is 54.8 Å². The lowest BCUT2D eigenvalue weighted by Crippen LogP contribution is -2.22. The minimum absolute atomic E-state index is 0.111. The molecule has 2 aromatic heterocycles. The molecule has 0 spiro atoms. The van der Waals surface area contributed by atoms with Gasteiger partial charge in [0.25, 0.3) is 5.56 Å². The summed E-state index contributed by atoms with van der Waals surface area (Å²) in [5.41, 5.74) is 4.37. The summed E-state index contributed by atoms with van der Waals surface area (Å²) in [4.78, 5) is 30.4. The number of benzene rings is 3. The van der Waals surface area contributed by atoms with Crippen LogP contribution in [-0.2, 0) is 5.75 Å². The molecular weight excluding hydrogens is 420 g/mol. The van der Waals surface area contributed by atoms with Gasteiger partial charge in [-0.15, -0.1) is 0 Å². The molecule has 0 N–H and O–H groups in total. The zero-order valence-corrected chi connectivity index (χ0v) is 18.5. The minimum atomic E-state index is -0.388. The summed E-state index contributed by atoms with van der Waals surface area (Å²) in [6, 6.07) is 22.5. The molecule has 0 saturated heterocycles. The summed E-state index contributed by atoms with van der Waals surface area (Å²) >= 11 is 1.43. The van der Waals surface area contributed by atoms with Crippen LogP contribution in [-0.4, -0.2) is 9.55 Å². The first kappa shape index (κ1) is 20.3. The molecule has 0 aliphatic rings. The Balaban J connectivity index is 1.66. The van der Waals surface area contributed by atoms with Crippen LogP contribution >= 0.6 is 11.8 Å². The lowest BCUT2D eigenvalue weighted by molar-refractivity contribution is 0.559. The van der Waals surface area contributed by atoms with Gasteiger partial charge in [0.05, 0.1) is 16.6 Å². The van der Waals surface area contributed by atoms with Gasteiger partial charge in [0.15, 0.2) is 5.16 Å². The second kappa shape index (κ2) is 8.13. The van der Waals surface area contributed by atoms with E-state index in [0.717, 1.165) is 27.8 Å². The highest BCUT2D eigenvalue weighted by atomic mass is 32.2. The zero-order chi connectivity index (χ0) is 22.2. The molecule has 0 fully saturated rings. The van der Waals surface area contributed by atoms with Crippen molar-refractivity contribution in [1.82, 2.24) is 9.55 Å². The summed E-state index contributed by atoms with van der Waals surface area (Å²) in [6.07, 6.45) is 0. The van der Waals surface area contributed by atoms with Gasteiger partial charge >= 0.3 is 5.63 Å². The second-order valence-corrected chi connectivity index (χ2v) is 8.66. The summed E-state index contributed by atoms with van der Waals surface area (Å²) in [5, 5.41) is 2.03. The summed E-state index contributed by atoms with van der Waals surface area (Å²) in [6.45, 7) is 3.93. The smallest absolute Gasteiger partial charge is 0.336 e. The van der Waals surface area contributed by atoms with E-state index in [1.807, 2.05) is 74.5 Å². The Labute approximate surface area is 188 Å². The van der Waals surface area contributed by atoms with Gasteiger partial charge < -0.3 is 4.42 Å². The molecule has 0 unspecified atom stereocenters. The number of fused-ring (bicyclic) bond motifs is 2. The topological polar surface area (TPSA) is 65.1 Å². The summed E-state index contributed by atoms with van der Waals surface area (Å²) in [5.74, 6) is 0.474. The first-order valence-electron chi connectivity index (χ1n) is 10.3. The quantitative estimate of drug-likeness (QED) is 0.213. The average Bonchev–Trinajstić information content (AvgIpc) is 2.78. The average molecular weight is 441 g/mol. The monoisotopic (exact) mass is 440 g/mol. The molecule has 5 nitrogen and oxygen atoms in total. The number of nitrogens with zero attached hydrogens (tertiary/aromatic N) is 2. The maximum absolute atomic E-state index is 13.5. The normalized spacial score (nSPS) is 11.3. The molecule has 0 aliphatic heterocycles. The Bertz CT molecular complexity index is 1600. The van der Waals surface area contributed by atoms with E-state index in [9.17, 15) is 9.59 Å². The van der Waals surface area contributed by atoms with Gasteiger partial charge in [0.2, 0.25) is 0 Å². The highest BCUT2D eigenvalue weighted by Gasteiger charge is 2.16. The molecule has 0 amide bonds. The van der Waals surface area contributed by atoms with Crippen LogP contribution in [0.4, 0.5) is 0 Å². The lowest BCUT2D eigenvalue weighted by Gasteiger charge is -2.15. The van der Waals surface area contributed by atoms with Crippen LogP contribution in [0.1, 0.15) is 16.7 Å². The number of hydrogen-bond donors (Lipinski definition) is 0. The number of thioether (sulfide) groups is 1. The Hall–Kier alpha value is -3.64. The third-order valence-corrected chi connectivity index (χ3v) is 6.43. The van der Waals surface area contributed by atoms with E-state index >= 15 is 0 Å².